The lowest BCUT2D eigenvalue weighted by Gasteiger charge is -2.34. The Morgan fingerprint density at radius 3 is 2.46 bits per heavy atom. The molecule has 3 rings (SSSR count). The summed E-state index contributed by atoms with van der Waals surface area (Å²) < 4.78 is 5.28. The molecule has 0 unspecified atom stereocenters. The minimum atomic E-state index is -0.170. The molecular formula is C17H20N4O3. The van der Waals surface area contributed by atoms with E-state index in [0.29, 0.717) is 44.2 Å². The average Bonchev–Trinajstić information content (AvgIpc) is 3.12. The van der Waals surface area contributed by atoms with Gasteiger partial charge in [0.25, 0.3) is 5.91 Å². The second-order valence-corrected chi connectivity index (χ2v) is 5.56. The molecule has 7 heteroatoms. The van der Waals surface area contributed by atoms with E-state index < -0.39 is 0 Å². The monoisotopic (exact) mass is 328 g/mol. The summed E-state index contributed by atoms with van der Waals surface area (Å²) in [6.45, 7) is 4.49. The number of rotatable bonds is 3. The van der Waals surface area contributed by atoms with Crippen LogP contribution in [-0.2, 0) is 0 Å². The summed E-state index contributed by atoms with van der Waals surface area (Å²) in [6, 6.07) is 11.1. The summed E-state index contributed by atoms with van der Waals surface area (Å²) in [6.07, 6.45) is 0. The molecule has 1 aromatic heterocycles. The first-order valence-corrected chi connectivity index (χ1v) is 8.03. The molecule has 0 bridgehead atoms. The highest BCUT2D eigenvalue weighted by Gasteiger charge is 2.26. The zero-order chi connectivity index (χ0) is 16.9. The van der Waals surface area contributed by atoms with E-state index in [0.717, 1.165) is 5.56 Å². The summed E-state index contributed by atoms with van der Waals surface area (Å²) in [7, 11) is 0. The van der Waals surface area contributed by atoms with Crippen LogP contribution in [0.1, 0.15) is 17.4 Å². The van der Waals surface area contributed by atoms with Crippen molar-refractivity contribution in [3.05, 3.63) is 42.1 Å². The van der Waals surface area contributed by atoms with Crippen molar-refractivity contribution in [3.8, 4) is 11.3 Å². The van der Waals surface area contributed by atoms with Gasteiger partial charge in [-0.05, 0) is 6.92 Å². The maximum absolute atomic E-state index is 12.5. The molecule has 1 aliphatic rings. The van der Waals surface area contributed by atoms with Gasteiger partial charge in [-0.25, -0.2) is 4.79 Å². The van der Waals surface area contributed by atoms with Crippen molar-refractivity contribution in [2.45, 2.75) is 6.92 Å². The topological polar surface area (TPSA) is 78.7 Å². The Labute approximate surface area is 140 Å². The molecule has 1 saturated heterocycles. The smallest absolute Gasteiger partial charge is 0.317 e. The Morgan fingerprint density at radius 2 is 1.79 bits per heavy atom. The van der Waals surface area contributed by atoms with E-state index in [1.807, 2.05) is 37.3 Å². The van der Waals surface area contributed by atoms with E-state index in [1.54, 1.807) is 15.9 Å². The summed E-state index contributed by atoms with van der Waals surface area (Å²) in [5.41, 5.74) is 1.17. The molecule has 0 spiro atoms. The lowest BCUT2D eigenvalue weighted by Crippen LogP contribution is -2.53. The van der Waals surface area contributed by atoms with Crippen molar-refractivity contribution in [3.63, 3.8) is 0 Å². The van der Waals surface area contributed by atoms with Gasteiger partial charge >= 0.3 is 6.03 Å². The SMILES string of the molecule is CCNC(=O)N1CCN(C(=O)c2cc(-c3ccccc3)on2)CC1. The van der Waals surface area contributed by atoms with Crippen LogP contribution in [0.4, 0.5) is 4.79 Å². The Hall–Kier alpha value is -2.83. The first kappa shape index (κ1) is 16.0. The van der Waals surface area contributed by atoms with Crippen LogP contribution in [0, 0.1) is 0 Å². The first-order chi connectivity index (χ1) is 11.7. The zero-order valence-electron chi connectivity index (χ0n) is 13.6. The highest BCUT2D eigenvalue weighted by Crippen LogP contribution is 2.20. The van der Waals surface area contributed by atoms with Gasteiger partial charge in [0.1, 0.15) is 0 Å². The van der Waals surface area contributed by atoms with Crippen LogP contribution in [0.3, 0.4) is 0 Å². The number of amides is 3. The fourth-order valence-electron chi connectivity index (χ4n) is 2.65. The van der Waals surface area contributed by atoms with Crippen molar-refractivity contribution >= 4 is 11.9 Å². The van der Waals surface area contributed by atoms with Crippen molar-refractivity contribution in [1.29, 1.82) is 0 Å². The molecule has 1 aromatic carbocycles. The number of hydrogen-bond donors (Lipinski definition) is 1. The van der Waals surface area contributed by atoms with Crippen LogP contribution in [0.2, 0.25) is 0 Å². The first-order valence-electron chi connectivity index (χ1n) is 8.03. The maximum Gasteiger partial charge on any atom is 0.317 e. The molecule has 2 aromatic rings. The highest BCUT2D eigenvalue weighted by molar-refractivity contribution is 5.93. The molecule has 1 N–H and O–H groups in total. The number of aromatic nitrogens is 1. The quantitative estimate of drug-likeness (QED) is 0.932. The van der Waals surface area contributed by atoms with Crippen LogP contribution in [0.25, 0.3) is 11.3 Å². The molecule has 1 fully saturated rings. The van der Waals surface area contributed by atoms with Gasteiger partial charge in [-0.15, -0.1) is 0 Å². The van der Waals surface area contributed by atoms with Gasteiger partial charge in [-0.1, -0.05) is 35.5 Å². The highest BCUT2D eigenvalue weighted by atomic mass is 16.5. The molecule has 1 aliphatic heterocycles. The second-order valence-electron chi connectivity index (χ2n) is 5.56. The van der Waals surface area contributed by atoms with Gasteiger partial charge in [0.15, 0.2) is 11.5 Å². The van der Waals surface area contributed by atoms with Gasteiger partial charge in [-0.3, -0.25) is 4.79 Å². The summed E-state index contributed by atoms with van der Waals surface area (Å²) >= 11 is 0. The number of nitrogens with one attached hydrogen (secondary N) is 1. The number of urea groups is 1. The van der Waals surface area contributed by atoms with E-state index in [2.05, 4.69) is 10.5 Å². The molecule has 126 valence electrons. The third-order valence-corrected chi connectivity index (χ3v) is 3.97. The van der Waals surface area contributed by atoms with Crippen LogP contribution in [0.5, 0.6) is 0 Å². The number of piperazine rings is 1. The van der Waals surface area contributed by atoms with Gasteiger partial charge < -0.3 is 19.6 Å². The van der Waals surface area contributed by atoms with Crippen LogP contribution >= 0.6 is 0 Å². The van der Waals surface area contributed by atoms with E-state index in [9.17, 15) is 9.59 Å². The summed E-state index contributed by atoms with van der Waals surface area (Å²) in [5, 5.41) is 6.66. The Kier molecular flexibility index (Phi) is 4.79. The molecule has 2 heterocycles. The van der Waals surface area contributed by atoms with E-state index >= 15 is 0 Å². The number of benzene rings is 1. The predicted molar refractivity (Wildman–Crippen MR) is 88.5 cm³/mol. The van der Waals surface area contributed by atoms with Crippen LogP contribution in [-0.4, -0.2) is 59.6 Å². The maximum atomic E-state index is 12.5. The van der Waals surface area contributed by atoms with E-state index in [1.165, 1.54) is 0 Å². The Balaban J connectivity index is 1.62. The van der Waals surface area contributed by atoms with Gasteiger partial charge in [0.2, 0.25) is 0 Å². The molecule has 0 aliphatic carbocycles. The van der Waals surface area contributed by atoms with E-state index in [4.69, 9.17) is 4.52 Å². The number of nitrogens with zero attached hydrogens (tertiary/aromatic N) is 3. The normalized spacial score (nSPS) is 14.5. The van der Waals surface area contributed by atoms with Crippen molar-refractivity contribution < 1.29 is 14.1 Å². The second kappa shape index (κ2) is 7.16. The van der Waals surface area contributed by atoms with Crippen LogP contribution in [0.15, 0.2) is 40.9 Å². The van der Waals surface area contributed by atoms with Crippen LogP contribution < -0.4 is 5.32 Å². The minimum absolute atomic E-state index is 0.0857. The van der Waals surface area contributed by atoms with E-state index in [-0.39, 0.29) is 11.9 Å². The Bertz CT molecular complexity index is 706. The Morgan fingerprint density at radius 1 is 1.12 bits per heavy atom. The molecule has 0 atom stereocenters. The zero-order valence-corrected chi connectivity index (χ0v) is 13.6. The van der Waals surface area contributed by atoms with Crippen molar-refractivity contribution in [2.24, 2.45) is 0 Å². The largest absolute Gasteiger partial charge is 0.355 e. The van der Waals surface area contributed by atoms with Gasteiger partial charge in [-0.2, -0.15) is 0 Å². The van der Waals surface area contributed by atoms with Gasteiger partial charge in [0.05, 0.1) is 0 Å². The fourth-order valence-corrected chi connectivity index (χ4v) is 2.65. The minimum Gasteiger partial charge on any atom is -0.355 e. The molecule has 24 heavy (non-hydrogen) atoms. The fraction of sp³-hybridized carbons (Fsp3) is 0.353. The molecule has 0 radical (unpaired) electrons. The molecule has 7 nitrogen and oxygen atoms in total. The third kappa shape index (κ3) is 3.40. The third-order valence-electron chi connectivity index (χ3n) is 3.97. The summed E-state index contributed by atoms with van der Waals surface area (Å²) in [4.78, 5) is 27.7. The lowest BCUT2D eigenvalue weighted by atomic mass is 10.1. The predicted octanol–water partition coefficient (Wildman–Crippen LogP) is 1.83. The van der Waals surface area contributed by atoms with Crippen molar-refractivity contribution in [2.75, 3.05) is 32.7 Å². The number of hydrogen-bond acceptors (Lipinski definition) is 4. The molecular weight excluding hydrogens is 308 g/mol. The number of carbonyl (C=O) groups excluding carboxylic acids is 2. The molecule has 0 saturated carbocycles. The van der Waals surface area contributed by atoms with Gasteiger partial charge in [0, 0.05) is 44.4 Å². The number of carbonyl (C=O) groups is 2. The molecule has 3 amide bonds. The standard InChI is InChI=1S/C17H20N4O3/c1-2-18-17(23)21-10-8-20(9-11-21)16(22)14-12-15(24-19-14)13-6-4-3-5-7-13/h3-7,12H,2,8-11H2,1H3,(H,18,23). The van der Waals surface area contributed by atoms with Crippen molar-refractivity contribution in [1.82, 2.24) is 20.3 Å². The average molecular weight is 328 g/mol. The lowest BCUT2D eigenvalue weighted by molar-refractivity contribution is 0.0655. The summed E-state index contributed by atoms with van der Waals surface area (Å²) in [5.74, 6) is 0.399.